The molecule has 0 atom stereocenters. The summed E-state index contributed by atoms with van der Waals surface area (Å²) < 4.78 is 7.18. The first-order valence-electron chi connectivity index (χ1n) is 10.8. The Bertz CT molecular complexity index is 1140. The smallest absolute Gasteiger partial charge is 0.258 e. The highest BCUT2D eigenvalue weighted by Crippen LogP contribution is 2.29. The minimum absolute atomic E-state index is 0.0200. The van der Waals surface area contributed by atoms with Crippen LogP contribution < -0.4 is 15.2 Å². The van der Waals surface area contributed by atoms with E-state index in [1.807, 2.05) is 53.4 Å². The Kier molecular flexibility index (Phi) is 5.98. The molecule has 0 N–H and O–H groups in total. The summed E-state index contributed by atoms with van der Waals surface area (Å²) >= 11 is 0. The fraction of sp³-hybridized carbons (Fsp3) is 0.360. The predicted molar refractivity (Wildman–Crippen MR) is 124 cm³/mol. The lowest BCUT2D eigenvalue weighted by atomic mass is 10.1. The largest absolute Gasteiger partial charge is 0.495 e. The van der Waals surface area contributed by atoms with E-state index in [4.69, 9.17) is 4.74 Å². The lowest BCUT2D eigenvalue weighted by Gasteiger charge is -2.36. The normalized spacial score (nSPS) is 14.3. The van der Waals surface area contributed by atoms with Gasteiger partial charge in [0, 0.05) is 49.7 Å². The molecular formula is C25H29N3O3. The summed E-state index contributed by atoms with van der Waals surface area (Å²) in [6, 6.07) is 15.4. The number of para-hydroxylation sites is 2. The first-order valence-corrected chi connectivity index (χ1v) is 10.8. The number of hydrogen-bond donors (Lipinski definition) is 0. The number of anilines is 1. The predicted octanol–water partition coefficient (Wildman–Crippen LogP) is 3.63. The molecule has 0 saturated carbocycles. The Morgan fingerprint density at radius 1 is 0.968 bits per heavy atom. The van der Waals surface area contributed by atoms with Crippen LogP contribution in [0.4, 0.5) is 5.69 Å². The zero-order chi connectivity index (χ0) is 22.0. The first-order chi connectivity index (χ1) is 15.0. The van der Waals surface area contributed by atoms with Crippen molar-refractivity contribution in [3.63, 3.8) is 0 Å². The van der Waals surface area contributed by atoms with Crippen molar-refractivity contribution in [3.05, 3.63) is 70.6 Å². The molecule has 1 aliphatic heterocycles. The van der Waals surface area contributed by atoms with E-state index in [9.17, 15) is 9.59 Å². The number of fused-ring (bicyclic) bond motifs is 1. The second kappa shape index (κ2) is 8.84. The third kappa shape index (κ3) is 4.15. The van der Waals surface area contributed by atoms with E-state index in [-0.39, 0.29) is 11.5 Å². The van der Waals surface area contributed by atoms with E-state index in [1.54, 1.807) is 17.9 Å². The van der Waals surface area contributed by atoms with Gasteiger partial charge in [-0.2, -0.15) is 0 Å². The molecule has 162 valence electrons. The highest BCUT2D eigenvalue weighted by atomic mass is 16.5. The summed E-state index contributed by atoms with van der Waals surface area (Å²) in [7, 11) is 1.68. The van der Waals surface area contributed by atoms with Gasteiger partial charge in [0.15, 0.2) is 0 Å². The molecule has 31 heavy (non-hydrogen) atoms. The third-order valence-electron chi connectivity index (χ3n) is 5.78. The standard InChI is InChI=1S/C25H29N3O3/c1-18(2)16-28-17-21(19-8-4-5-9-20(19)24(28)29)25(30)27-14-12-26(13-15-27)22-10-6-7-11-23(22)31-3/h4-11,17-18H,12-16H2,1-3H3. The summed E-state index contributed by atoms with van der Waals surface area (Å²) in [5.41, 5.74) is 1.61. The van der Waals surface area contributed by atoms with Gasteiger partial charge in [-0.1, -0.05) is 44.2 Å². The number of piperazine rings is 1. The number of methoxy groups -OCH3 is 1. The van der Waals surface area contributed by atoms with Gasteiger partial charge in [-0.25, -0.2) is 0 Å². The van der Waals surface area contributed by atoms with Crippen molar-refractivity contribution in [1.82, 2.24) is 9.47 Å². The van der Waals surface area contributed by atoms with Crippen LogP contribution >= 0.6 is 0 Å². The molecule has 0 radical (unpaired) electrons. The van der Waals surface area contributed by atoms with Crippen molar-refractivity contribution >= 4 is 22.4 Å². The number of carbonyl (C=O) groups is 1. The zero-order valence-electron chi connectivity index (χ0n) is 18.4. The summed E-state index contributed by atoms with van der Waals surface area (Å²) in [6.45, 7) is 7.43. The van der Waals surface area contributed by atoms with E-state index < -0.39 is 0 Å². The molecule has 0 bridgehead atoms. The lowest BCUT2D eigenvalue weighted by molar-refractivity contribution is 0.0747. The number of benzene rings is 2. The second-order valence-corrected chi connectivity index (χ2v) is 8.39. The number of aromatic nitrogens is 1. The minimum Gasteiger partial charge on any atom is -0.495 e. The van der Waals surface area contributed by atoms with E-state index in [2.05, 4.69) is 18.7 Å². The molecule has 1 amide bonds. The number of ether oxygens (including phenoxy) is 1. The van der Waals surface area contributed by atoms with Gasteiger partial charge in [-0.15, -0.1) is 0 Å². The van der Waals surface area contributed by atoms with Gasteiger partial charge in [-0.3, -0.25) is 9.59 Å². The zero-order valence-corrected chi connectivity index (χ0v) is 18.4. The average Bonchev–Trinajstić information content (AvgIpc) is 2.80. The molecule has 2 aromatic carbocycles. The Labute approximate surface area is 182 Å². The van der Waals surface area contributed by atoms with E-state index in [1.165, 1.54) is 0 Å². The van der Waals surface area contributed by atoms with Gasteiger partial charge in [0.05, 0.1) is 18.4 Å². The van der Waals surface area contributed by atoms with E-state index in [0.717, 1.165) is 29.9 Å². The number of amides is 1. The van der Waals surface area contributed by atoms with E-state index >= 15 is 0 Å². The van der Waals surface area contributed by atoms with Crippen LogP contribution in [-0.2, 0) is 6.54 Å². The number of pyridine rings is 1. The van der Waals surface area contributed by atoms with Gasteiger partial charge in [0.2, 0.25) is 0 Å². The fourth-order valence-corrected chi connectivity index (χ4v) is 4.25. The Morgan fingerprint density at radius 2 is 1.61 bits per heavy atom. The number of carbonyl (C=O) groups excluding carboxylic acids is 1. The molecule has 1 saturated heterocycles. The van der Waals surface area contributed by atoms with Gasteiger partial charge in [0.1, 0.15) is 5.75 Å². The molecule has 6 heteroatoms. The van der Waals surface area contributed by atoms with Crippen molar-refractivity contribution in [2.75, 3.05) is 38.2 Å². The molecular weight excluding hydrogens is 390 g/mol. The van der Waals surface area contributed by atoms with Gasteiger partial charge in [-0.05, 0) is 24.1 Å². The molecule has 1 aromatic heterocycles. The maximum atomic E-state index is 13.5. The number of rotatable bonds is 5. The Hall–Kier alpha value is -3.28. The summed E-state index contributed by atoms with van der Waals surface area (Å²) in [5.74, 6) is 1.13. The molecule has 2 heterocycles. The summed E-state index contributed by atoms with van der Waals surface area (Å²) in [6.07, 6.45) is 1.75. The van der Waals surface area contributed by atoms with Crippen LogP contribution in [0.2, 0.25) is 0 Å². The van der Waals surface area contributed by atoms with Crippen LogP contribution in [0.1, 0.15) is 24.2 Å². The van der Waals surface area contributed by atoms with Crippen LogP contribution in [-0.4, -0.2) is 48.7 Å². The van der Waals surface area contributed by atoms with Gasteiger partial charge < -0.3 is 19.1 Å². The van der Waals surface area contributed by atoms with Crippen molar-refractivity contribution in [3.8, 4) is 5.75 Å². The number of nitrogens with zero attached hydrogens (tertiary/aromatic N) is 3. The second-order valence-electron chi connectivity index (χ2n) is 8.39. The molecule has 0 spiro atoms. The summed E-state index contributed by atoms with van der Waals surface area (Å²) in [4.78, 5) is 30.5. The molecule has 0 unspecified atom stereocenters. The topological polar surface area (TPSA) is 54.8 Å². The van der Waals surface area contributed by atoms with Gasteiger partial charge in [0.25, 0.3) is 11.5 Å². The van der Waals surface area contributed by atoms with Crippen molar-refractivity contribution in [2.24, 2.45) is 5.92 Å². The highest BCUT2D eigenvalue weighted by Gasteiger charge is 2.25. The van der Waals surface area contributed by atoms with Crippen LogP contribution in [0, 0.1) is 5.92 Å². The molecule has 3 aromatic rings. The average molecular weight is 420 g/mol. The molecule has 1 aliphatic rings. The fourth-order valence-electron chi connectivity index (χ4n) is 4.25. The Morgan fingerprint density at radius 3 is 2.29 bits per heavy atom. The Balaban J connectivity index is 1.60. The van der Waals surface area contributed by atoms with Crippen LogP contribution in [0.5, 0.6) is 5.75 Å². The van der Waals surface area contributed by atoms with Crippen LogP contribution in [0.3, 0.4) is 0 Å². The highest BCUT2D eigenvalue weighted by molar-refractivity contribution is 6.06. The third-order valence-corrected chi connectivity index (χ3v) is 5.78. The lowest BCUT2D eigenvalue weighted by Crippen LogP contribution is -2.49. The van der Waals surface area contributed by atoms with Gasteiger partial charge >= 0.3 is 0 Å². The van der Waals surface area contributed by atoms with Crippen molar-refractivity contribution < 1.29 is 9.53 Å². The molecule has 6 nitrogen and oxygen atoms in total. The first kappa shape index (κ1) is 21.0. The molecule has 4 rings (SSSR count). The van der Waals surface area contributed by atoms with Crippen molar-refractivity contribution in [2.45, 2.75) is 20.4 Å². The van der Waals surface area contributed by atoms with Crippen molar-refractivity contribution in [1.29, 1.82) is 0 Å². The minimum atomic E-state index is -0.0400. The molecule has 1 fully saturated rings. The maximum Gasteiger partial charge on any atom is 0.258 e. The SMILES string of the molecule is COc1ccccc1N1CCN(C(=O)c2cn(CC(C)C)c(=O)c3ccccc23)CC1. The number of hydrogen-bond acceptors (Lipinski definition) is 4. The van der Waals surface area contributed by atoms with E-state index in [0.29, 0.717) is 36.5 Å². The maximum absolute atomic E-state index is 13.5. The van der Waals surface area contributed by atoms with Crippen LogP contribution in [0.15, 0.2) is 59.5 Å². The quantitative estimate of drug-likeness (QED) is 0.634. The van der Waals surface area contributed by atoms with Crippen LogP contribution in [0.25, 0.3) is 10.8 Å². The monoisotopic (exact) mass is 419 g/mol. The summed E-state index contributed by atoms with van der Waals surface area (Å²) in [5, 5.41) is 1.33. The molecule has 0 aliphatic carbocycles.